The van der Waals surface area contributed by atoms with Crippen LogP contribution in [-0.4, -0.2) is 44.9 Å². The van der Waals surface area contributed by atoms with Crippen LogP contribution < -0.4 is 4.74 Å². The van der Waals surface area contributed by atoms with Crippen LogP contribution in [0.3, 0.4) is 0 Å². The maximum atomic E-state index is 13.6. The Balaban J connectivity index is 1.36. The molecule has 2 aromatic heterocycles. The Bertz CT molecular complexity index is 1080. The van der Waals surface area contributed by atoms with Crippen molar-refractivity contribution in [2.75, 3.05) is 6.61 Å². The van der Waals surface area contributed by atoms with Gasteiger partial charge in [0.1, 0.15) is 5.69 Å². The van der Waals surface area contributed by atoms with Gasteiger partial charge >= 0.3 is 0 Å². The lowest BCUT2D eigenvalue weighted by Crippen LogP contribution is -2.37. The molecule has 4 heterocycles. The number of aryl methyl sites for hydroxylation is 2. The Morgan fingerprint density at radius 1 is 1.17 bits per heavy atom. The van der Waals surface area contributed by atoms with Crippen molar-refractivity contribution in [3.8, 4) is 17.2 Å². The number of pyridine rings is 1. The average molecular weight is 404 g/mol. The van der Waals surface area contributed by atoms with Gasteiger partial charge in [0.15, 0.2) is 5.76 Å². The molecule has 0 aliphatic carbocycles. The van der Waals surface area contributed by atoms with Crippen LogP contribution in [0.4, 0.5) is 0 Å². The van der Waals surface area contributed by atoms with Crippen LogP contribution in [0.5, 0.6) is 5.88 Å². The molecule has 2 fully saturated rings. The number of rotatable bonds is 5. The summed E-state index contributed by atoms with van der Waals surface area (Å²) in [6.07, 6.45) is 3.02. The number of ether oxygens (including phenoxy) is 1. The van der Waals surface area contributed by atoms with Crippen molar-refractivity contribution in [3.05, 3.63) is 59.4 Å². The van der Waals surface area contributed by atoms with Gasteiger partial charge < -0.3 is 14.2 Å². The van der Waals surface area contributed by atoms with Crippen molar-refractivity contribution in [1.82, 2.24) is 20.3 Å². The van der Waals surface area contributed by atoms with E-state index < -0.39 is 0 Å². The predicted octanol–water partition coefficient (Wildman–Crippen LogP) is 3.82. The van der Waals surface area contributed by atoms with E-state index in [0.717, 1.165) is 30.5 Å². The van der Waals surface area contributed by atoms with Crippen LogP contribution in [0.2, 0.25) is 0 Å². The number of amides is 1. The summed E-state index contributed by atoms with van der Waals surface area (Å²) in [6, 6.07) is 13.8. The van der Waals surface area contributed by atoms with Crippen LogP contribution in [0.1, 0.15) is 41.0 Å². The molecular weight excluding hydrogens is 380 g/mol. The number of aromatic nitrogens is 3. The van der Waals surface area contributed by atoms with Gasteiger partial charge in [-0.1, -0.05) is 24.3 Å². The summed E-state index contributed by atoms with van der Waals surface area (Å²) in [5, 5.41) is 7.58. The van der Waals surface area contributed by atoms with Crippen LogP contribution in [0.25, 0.3) is 11.3 Å². The second kappa shape index (κ2) is 7.55. The number of carbonyl (C=O) groups excluding carboxylic acids is 1. The van der Waals surface area contributed by atoms with Crippen LogP contribution in [0.15, 0.2) is 47.0 Å². The first kappa shape index (κ1) is 18.8. The fourth-order valence-corrected chi connectivity index (χ4v) is 4.88. The van der Waals surface area contributed by atoms with Gasteiger partial charge in [-0.2, -0.15) is 0 Å². The fraction of sp³-hybridized carbons (Fsp3) is 0.391. The molecule has 2 bridgehead atoms. The zero-order valence-electron chi connectivity index (χ0n) is 17.1. The molecule has 3 aromatic rings. The summed E-state index contributed by atoms with van der Waals surface area (Å²) >= 11 is 0. The van der Waals surface area contributed by atoms with Gasteiger partial charge in [0.25, 0.3) is 5.91 Å². The minimum absolute atomic E-state index is 0.0464. The summed E-state index contributed by atoms with van der Waals surface area (Å²) < 4.78 is 11.3. The van der Waals surface area contributed by atoms with Crippen molar-refractivity contribution in [2.45, 2.75) is 45.2 Å². The van der Waals surface area contributed by atoms with Gasteiger partial charge in [0, 0.05) is 40.6 Å². The summed E-state index contributed by atoms with van der Waals surface area (Å²) in [4.78, 5) is 20.1. The summed E-state index contributed by atoms with van der Waals surface area (Å²) in [6.45, 7) is 4.36. The molecule has 2 aliphatic heterocycles. The second-order valence-corrected chi connectivity index (χ2v) is 8.17. The minimum Gasteiger partial charge on any atom is -0.477 e. The van der Waals surface area contributed by atoms with E-state index in [9.17, 15) is 4.79 Å². The third-order valence-corrected chi connectivity index (χ3v) is 6.26. The van der Waals surface area contributed by atoms with Gasteiger partial charge in [-0.15, -0.1) is 5.10 Å². The zero-order chi connectivity index (χ0) is 20.7. The summed E-state index contributed by atoms with van der Waals surface area (Å²) in [5.41, 5.74) is 2.99. The molecule has 7 heteroatoms. The number of carbonyl (C=O) groups is 1. The van der Waals surface area contributed by atoms with Crippen molar-refractivity contribution in [1.29, 1.82) is 0 Å². The number of benzene rings is 1. The van der Waals surface area contributed by atoms with Gasteiger partial charge in [-0.25, -0.2) is 4.98 Å². The maximum Gasteiger partial charge on any atom is 0.255 e. The van der Waals surface area contributed by atoms with Crippen LogP contribution >= 0.6 is 0 Å². The Kier molecular flexibility index (Phi) is 4.73. The minimum atomic E-state index is 0.0464. The molecule has 2 saturated heterocycles. The fourth-order valence-electron chi connectivity index (χ4n) is 4.88. The number of hydrogen-bond acceptors (Lipinski definition) is 6. The number of hydrogen-bond donors (Lipinski definition) is 0. The molecule has 5 rings (SSSR count). The first-order chi connectivity index (χ1) is 14.6. The van der Waals surface area contributed by atoms with E-state index in [1.54, 1.807) is 0 Å². The normalized spacial score (nSPS) is 22.5. The zero-order valence-corrected chi connectivity index (χ0v) is 17.1. The molecule has 3 atom stereocenters. The molecule has 30 heavy (non-hydrogen) atoms. The lowest BCUT2D eigenvalue weighted by atomic mass is 9.90. The van der Waals surface area contributed by atoms with E-state index in [2.05, 4.69) is 20.3 Å². The molecule has 0 spiro atoms. The third kappa shape index (κ3) is 3.24. The molecule has 2 aliphatic rings. The number of fused-ring (bicyclic) bond motifs is 2. The Labute approximate surface area is 175 Å². The highest BCUT2D eigenvalue weighted by Gasteiger charge is 2.49. The summed E-state index contributed by atoms with van der Waals surface area (Å²) in [7, 11) is 0. The largest absolute Gasteiger partial charge is 0.477 e. The maximum absolute atomic E-state index is 13.6. The van der Waals surface area contributed by atoms with Crippen molar-refractivity contribution < 1.29 is 14.1 Å². The van der Waals surface area contributed by atoms with Gasteiger partial charge in [-0.3, -0.25) is 4.79 Å². The predicted molar refractivity (Wildman–Crippen MR) is 110 cm³/mol. The number of nitrogens with zero attached hydrogens (tertiary/aromatic N) is 4. The lowest BCUT2D eigenvalue weighted by Gasteiger charge is -2.25. The first-order valence-corrected chi connectivity index (χ1v) is 10.4. The van der Waals surface area contributed by atoms with Crippen molar-refractivity contribution >= 4 is 5.91 Å². The monoisotopic (exact) mass is 404 g/mol. The van der Waals surface area contributed by atoms with Crippen LogP contribution in [0, 0.1) is 19.8 Å². The highest BCUT2D eigenvalue weighted by Crippen LogP contribution is 2.43. The van der Waals surface area contributed by atoms with E-state index in [4.69, 9.17) is 9.26 Å². The van der Waals surface area contributed by atoms with E-state index in [-0.39, 0.29) is 18.0 Å². The third-order valence-electron chi connectivity index (χ3n) is 6.26. The molecule has 7 nitrogen and oxygen atoms in total. The lowest BCUT2D eigenvalue weighted by molar-refractivity contribution is 0.0710. The highest BCUT2D eigenvalue weighted by molar-refractivity contribution is 6.01. The Morgan fingerprint density at radius 3 is 2.83 bits per heavy atom. The standard InChI is InChI=1S/C23H24N4O3/c1-14-6-5-9-21(24-14)29-13-16-12-17-10-11-20(16)27(17)23(28)19-8-4-3-7-18(19)22-15(2)25-26-30-22/h3-9,16-17,20H,10-13H2,1-2H3. The Morgan fingerprint density at radius 2 is 2.03 bits per heavy atom. The average Bonchev–Trinajstić information content (AvgIpc) is 3.46. The van der Waals surface area contributed by atoms with E-state index in [1.165, 1.54) is 0 Å². The Hall–Kier alpha value is -3.22. The molecule has 154 valence electrons. The van der Waals surface area contributed by atoms with Crippen LogP contribution in [-0.2, 0) is 0 Å². The SMILES string of the molecule is Cc1cccc(OCC2CC3CCC2N3C(=O)c2ccccc2-c2onnc2C)n1. The van der Waals surface area contributed by atoms with Crippen molar-refractivity contribution in [3.63, 3.8) is 0 Å². The molecule has 0 radical (unpaired) electrons. The van der Waals surface area contributed by atoms with E-state index in [1.807, 2.05) is 56.3 Å². The first-order valence-electron chi connectivity index (χ1n) is 10.4. The smallest absolute Gasteiger partial charge is 0.255 e. The second-order valence-electron chi connectivity index (χ2n) is 8.17. The molecule has 0 saturated carbocycles. The molecule has 1 amide bonds. The molecular formula is C23H24N4O3. The van der Waals surface area contributed by atoms with E-state index in [0.29, 0.717) is 35.4 Å². The highest BCUT2D eigenvalue weighted by atomic mass is 16.5. The molecule has 3 unspecified atom stereocenters. The molecule has 1 aromatic carbocycles. The van der Waals surface area contributed by atoms with E-state index >= 15 is 0 Å². The molecule has 0 N–H and O–H groups in total. The topological polar surface area (TPSA) is 81.4 Å². The van der Waals surface area contributed by atoms with Crippen molar-refractivity contribution in [2.24, 2.45) is 5.92 Å². The van der Waals surface area contributed by atoms with Gasteiger partial charge in [0.05, 0.1) is 12.2 Å². The van der Waals surface area contributed by atoms with Gasteiger partial charge in [-0.05, 0) is 45.2 Å². The quantitative estimate of drug-likeness (QED) is 0.643. The summed E-state index contributed by atoms with van der Waals surface area (Å²) in [5.74, 6) is 1.56. The van der Waals surface area contributed by atoms with Gasteiger partial charge in [0.2, 0.25) is 5.88 Å².